The smallest absolute Gasteiger partial charge is 0.0558 e. The Labute approximate surface area is 378 Å². The monoisotopic (exact) mass is 828 g/mol. The van der Waals surface area contributed by atoms with E-state index < -0.39 is 0 Å². The lowest BCUT2D eigenvalue weighted by molar-refractivity contribution is 0.714. The van der Waals surface area contributed by atoms with Gasteiger partial charge in [-0.25, -0.2) is 0 Å². The zero-order valence-electron chi connectivity index (χ0n) is 36.1. The van der Waals surface area contributed by atoms with Crippen LogP contribution in [0.2, 0.25) is 0 Å². The molecule has 4 nitrogen and oxygen atoms in total. The number of anilines is 8. The summed E-state index contributed by atoms with van der Waals surface area (Å²) in [7, 11) is 0. The molecule has 3 aliphatic carbocycles. The summed E-state index contributed by atoms with van der Waals surface area (Å²) < 4.78 is 0. The van der Waals surface area contributed by atoms with Gasteiger partial charge in [0.15, 0.2) is 0 Å². The minimum atomic E-state index is 0.210. The number of para-hydroxylation sites is 4. The summed E-state index contributed by atoms with van der Waals surface area (Å²) in [6.45, 7) is 0. The van der Waals surface area contributed by atoms with E-state index in [1.807, 2.05) is 0 Å². The van der Waals surface area contributed by atoms with Gasteiger partial charge in [0, 0.05) is 62.6 Å². The predicted molar refractivity (Wildman–Crippen MR) is 271 cm³/mol. The Bertz CT molecular complexity index is 2780. The SMILES string of the molecule is C1=CCCC(N(C2=CCC(N(C3=CC=CCC3)c3ccc(-c4ccc(N(c5ccccc5)c5ccc(N(c6ccccc6)c6ccccc6)cc5)cc4)cc3)C=C2)c2ccccc2)=C1. The number of benzene rings is 7. The summed E-state index contributed by atoms with van der Waals surface area (Å²) in [6.07, 6.45) is 25.8. The van der Waals surface area contributed by atoms with Gasteiger partial charge in [0.25, 0.3) is 0 Å². The van der Waals surface area contributed by atoms with Gasteiger partial charge in [0.2, 0.25) is 0 Å². The molecule has 1 unspecified atom stereocenters. The Morgan fingerprint density at radius 3 is 1.12 bits per heavy atom. The van der Waals surface area contributed by atoms with Crippen LogP contribution in [-0.4, -0.2) is 6.04 Å². The van der Waals surface area contributed by atoms with Gasteiger partial charge in [-0.2, -0.15) is 0 Å². The molecule has 7 aromatic carbocycles. The first-order valence-corrected chi connectivity index (χ1v) is 22.6. The molecule has 0 heterocycles. The topological polar surface area (TPSA) is 13.0 Å². The highest BCUT2D eigenvalue weighted by Gasteiger charge is 2.25. The van der Waals surface area contributed by atoms with E-state index in [9.17, 15) is 0 Å². The van der Waals surface area contributed by atoms with E-state index in [1.165, 1.54) is 39.6 Å². The van der Waals surface area contributed by atoms with Crippen LogP contribution in [-0.2, 0) is 0 Å². The predicted octanol–water partition coefficient (Wildman–Crippen LogP) is 16.3. The summed E-state index contributed by atoms with van der Waals surface area (Å²) >= 11 is 0. The molecule has 0 aromatic heterocycles. The molecule has 3 aliphatic rings. The molecule has 1 atom stereocenters. The van der Waals surface area contributed by atoms with Gasteiger partial charge in [0.05, 0.1) is 6.04 Å². The molecular weight excluding hydrogens is 777 g/mol. The van der Waals surface area contributed by atoms with Gasteiger partial charge in [-0.1, -0.05) is 134 Å². The van der Waals surface area contributed by atoms with E-state index >= 15 is 0 Å². The van der Waals surface area contributed by atoms with Crippen LogP contribution in [0.1, 0.15) is 32.1 Å². The standard InChI is InChI=1S/C60H52N4/c1-7-19-49(20-8-1)61(50-21-9-2-10-22-50)57-39-43-59(44-40-57)63(53-27-15-5-16-28-53)55-35-31-47(32-36-55)48-33-37-56(38-34-48)64(54-29-17-6-18-30-54)60-45-41-58(42-46-60)62(51-23-11-3-12-24-51)52-25-13-4-14-26-52/h1-13,15-17,19-25,27-29,31-45,60H,14,18,26,30,46H2. The fraction of sp³-hybridized carbons (Fsp3) is 0.100. The van der Waals surface area contributed by atoms with E-state index in [-0.39, 0.29) is 6.04 Å². The van der Waals surface area contributed by atoms with E-state index in [2.05, 4.69) is 268 Å². The van der Waals surface area contributed by atoms with Crippen LogP contribution in [0.5, 0.6) is 0 Å². The van der Waals surface area contributed by atoms with Gasteiger partial charge in [0.1, 0.15) is 0 Å². The van der Waals surface area contributed by atoms with E-state index in [0.29, 0.717) is 0 Å². The second-order valence-electron chi connectivity index (χ2n) is 16.4. The lowest BCUT2D eigenvalue weighted by atomic mass is 9.98. The maximum Gasteiger partial charge on any atom is 0.0558 e. The Morgan fingerprint density at radius 1 is 0.359 bits per heavy atom. The van der Waals surface area contributed by atoms with E-state index in [4.69, 9.17) is 0 Å². The molecule has 0 amide bonds. The van der Waals surface area contributed by atoms with Crippen molar-refractivity contribution in [2.45, 2.75) is 38.1 Å². The zero-order valence-corrected chi connectivity index (χ0v) is 36.1. The molecule has 4 heteroatoms. The highest BCUT2D eigenvalue weighted by Crippen LogP contribution is 2.40. The molecule has 64 heavy (non-hydrogen) atoms. The Morgan fingerprint density at radius 2 is 0.734 bits per heavy atom. The van der Waals surface area contributed by atoms with Gasteiger partial charge in [-0.05, 0) is 159 Å². The molecule has 10 rings (SSSR count). The molecule has 0 bridgehead atoms. The van der Waals surface area contributed by atoms with Gasteiger partial charge in [-0.3, -0.25) is 0 Å². The number of rotatable bonds is 13. The van der Waals surface area contributed by atoms with Crippen LogP contribution in [0.3, 0.4) is 0 Å². The second kappa shape index (κ2) is 19.1. The van der Waals surface area contributed by atoms with Gasteiger partial charge >= 0.3 is 0 Å². The van der Waals surface area contributed by atoms with Crippen molar-refractivity contribution in [2.24, 2.45) is 0 Å². The van der Waals surface area contributed by atoms with Crippen LogP contribution < -0.4 is 19.6 Å². The molecule has 7 aromatic rings. The molecule has 312 valence electrons. The third-order valence-electron chi connectivity index (χ3n) is 12.3. The number of nitrogens with zero attached hydrogens (tertiary/aromatic N) is 4. The quantitative estimate of drug-likeness (QED) is 0.115. The molecule has 0 fully saturated rings. The molecule has 0 N–H and O–H groups in total. The fourth-order valence-corrected chi connectivity index (χ4v) is 9.14. The zero-order chi connectivity index (χ0) is 42.9. The van der Waals surface area contributed by atoms with Crippen molar-refractivity contribution in [2.75, 3.05) is 19.6 Å². The van der Waals surface area contributed by atoms with Crippen molar-refractivity contribution >= 4 is 45.5 Å². The lowest BCUT2D eigenvalue weighted by Gasteiger charge is -2.37. The van der Waals surface area contributed by atoms with Crippen molar-refractivity contribution in [3.8, 4) is 11.1 Å². The molecule has 0 saturated carbocycles. The maximum absolute atomic E-state index is 2.55. The number of hydrogen-bond donors (Lipinski definition) is 0. The largest absolute Gasteiger partial charge is 0.338 e. The fourth-order valence-electron chi connectivity index (χ4n) is 9.14. The van der Waals surface area contributed by atoms with Crippen LogP contribution in [0, 0.1) is 0 Å². The third-order valence-corrected chi connectivity index (χ3v) is 12.3. The van der Waals surface area contributed by atoms with Crippen LogP contribution >= 0.6 is 0 Å². The van der Waals surface area contributed by atoms with Crippen molar-refractivity contribution in [1.82, 2.24) is 0 Å². The maximum atomic E-state index is 2.55. The lowest BCUT2D eigenvalue weighted by Crippen LogP contribution is -2.35. The molecule has 0 saturated heterocycles. The minimum absolute atomic E-state index is 0.210. The van der Waals surface area contributed by atoms with Crippen LogP contribution in [0.4, 0.5) is 45.5 Å². The average Bonchev–Trinajstić information content (AvgIpc) is 3.38. The van der Waals surface area contributed by atoms with Crippen LogP contribution in [0.15, 0.2) is 266 Å². The third kappa shape index (κ3) is 8.77. The Balaban J connectivity index is 0.906. The van der Waals surface area contributed by atoms with Gasteiger partial charge < -0.3 is 19.6 Å². The molecule has 0 spiro atoms. The first-order chi connectivity index (χ1) is 31.8. The molecule has 0 radical (unpaired) electrons. The second-order valence-corrected chi connectivity index (χ2v) is 16.4. The summed E-state index contributed by atoms with van der Waals surface area (Å²) in [4.78, 5) is 9.62. The van der Waals surface area contributed by atoms with Gasteiger partial charge in [-0.15, -0.1) is 0 Å². The molecular formula is C60H52N4. The first-order valence-electron chi connectivity index (χ1n) is 22.6. The Kier molecular flexibility index (Phi) is 12.0. The van der Waals surface area contributed by atoms with Crippen molar-refractivity contribution in [3.63, 3.8) is 0 Å². The van der Waals surface area contributed by atoms with E-state index in [0.717, 1.165) is 66.2 Å². The highest BCUT2D eigenvalue weighted by molar-refractivity contribution is 5.82. The summed E-state index contributed by atoms with van der Waals surface area (Å²) in [5.74, 6) is 0. The van der Waals surface area contributed by atoms with Crippen LogP contribution in [0.25, 0.3) is 11.1 Å². The van der Waals surface area contributed by atoms with E-state index in [1.54, 1.807) is 0 Å². The van der Waals surface area contributed by atoms with Crippen molar-refractivity contribution in [1.29, 1.82) is 0 Å². The highest BCUT2D eigenvalue weighted by atomic mass is 15.2. The van der Waals surface area contributed by atoms with Crippen molar-refractivity contribution < 1.29 is 0 Å². The normalized spacial score (nSPS) is 15.4. The summed E-state index contributed by atoms with van der Waals surface area (Å²) in [5.41, 5.74) is 15.4. The summed E-state index contributed by atoms with van der Waals surface area (Å²) in [6, 6.07) is 69.8. The average molecular weight is 829 g/mol. The molecule has 0 aliphatic heterocycles. The van der Waals surface area contributed by atoms with Crippen molar-refractivity contribution in [3.05, 3.63) is 266 Å². The number of hydrogen-bond acceptors (Lipinski definition) is 4. The minimum Gasteiger partial charge on any atom is -0.338 e. The Hall–Kier alpha value is -7.82. The first kappa shape index (κ1) is 40.3. The number of allylic oxidation sites excluding steroid dienone is 9. The summed E-state index contributed by atoms with van der Waals surface area (Å²) in [5, 5.41) is 0.